The molecule has 2 amide bonds. The van der Waals surface area contributed by atoms with Crippen molar-refractivity contribution in [2.24, 2.45) is 0 Å². The number of benzene rings is 1. The van der Waals surface area contributed by atoms with Crippen molar-refractivity contribution in [3.8, 4) is 5.75 Å². The normalized spacial score (nSPS) is 9.90. The minimum atomic E-state index is -0.263. The summed E-state index contributed by atoms with van der Waals surface area (Å²) in [6, 6.07) is 6.72. The van der Waals surface area contributed by atoms with Crippen LogP contribution in [0.4, 0.5) is 0 Å². The summed E-state index contributed by atoms with van der Waals surface area (Å²) >= 11 is 5.73. The zero-order chi connectivity index (χ0) is 14.8. The molecule has 0 atom stereocenters. The van der Waals surface area contributed by atoms with E-state index < -0.39 is 0 Å². The second-order valence-electron chi connectivity index (χ2n) is 3.88. The van der Waals surface area contributed by atoms with Crippen molar-refractivity contribution in [1.82, 2.24) is 10.6 Å². The minimum Gasteiger partial charge on any atom is -0.484 e. The van der Waals surface area contributed by atoms with Gasteiger partial charge in [0.2, 0.25) is 5.91 Å². The van der Waals surface area contributed by atoms with Gasteiger partial charge in [-0.1, -0.05) is 11.6 Å². The molecule has 0 saturated carbocycles. The molecule has 0 bridgehead atoms. The first kappa shape index (κ1) is 16.3. The Hall–Kier alpha value is -1.79. The van der Waals surface area contributed by atoms with E-state index in [1.165, 1.54) is 7.11 Å². The van der Waals surface area contributed by atoms with Crippen molar-refractivity contribution < 1.29 is 19.1 Å². The molecule has 0 aliphatic rings. The minimum absolute atomic E-state index is 0.00756. The molecule has 2 N–H and O–H groups in total. The van der Waals surface area contributed by atoms with E-state index in [1.807, 2.05) is 0 Å². The molecule has 0 fully saturated rings. The summed E-state index contributed by atoms with van der Waals surface area (Å²) in [5.74, 6) is 0.0815. The van der Waals surface area contributed by atoms with Crippen LogP contribution in [0.5, 0.6) is 5.75 Å². The van der Waals surface area contributed by atoms with Crippen molar-refractivity contribution in [2.45, 2.75) is 0 Å². The largest absolute Gasteiger partial charge is 0.484 e. The Bertz CT molecular complexity index is 437. The Balaban J connectivity index is 2.11. The summed E-state index contributed by atoms with van der Waals surface area (Å²) in [5, 5.41) is 5.81. The number of amides is 2. The zero-order valence-electron chi connectivity index (χ0n) is 11.1. The average Bonchev–Trinajstić information content (AvgIpc) is 2.43. The van der Waals surface area contributed by atoms with Gasteiger partial charge < -0.3 is 20.1 Å². The SMILES string of the molecule is COCC(=O)NCCNC(=O)COc1ccc(Cl)cc1. The first-order chi connectivity index (χ1) is 9.61. The van der Waals surface area contributed by atoms with E-state index >= 15 is 0 Å². The number of carbonyl (C=O) groups excluding carboxylic acids is 2. The average molecular weight is 301 g/mol. The maximum atomic E-state index is 11.5. The van der Waals surface area contributed by atoms with Crippen LogP contribution in [0.1, 0.15) is 0 Å². The predicted octanol–water partition coefficient (Wildman–Crippen LogP) is 0.598. The first-order valence-corrected chi connectivity index (χ1v) is 6.40. The molecule has 0 aliphatic carbocycles. The summed E-state index contributed by atoms with van der Waals surface area (Å²) in [6.45, 7) is 0.592. The number of methoxy groups -OCH3 is 1. The van der Waals surface area contributed by atoms with Crippen molar-refractivity contribution >= 4 is 23.4 Å². The van der Waals surface area contributed by atoms with Gasteiger partial charge in [0.25, 0.3) is 5.91 Å². The molecular formula is C13H17ClN2O4. The number of hydrogen-bond acceptors (Lipinski definition) is 4. The lowest BCUT2D eigenvalue weighted by Gasteiger charge is -2.08. The highest BCUT2D eigenvalue weighted by molar-refractivity contribution is 6.30. The van der Waals surface area contributed by atoms with Crippen LogP contribution in [0.2, 0.25) is 5.02 Å². The van der Waals surface area contributed by atoms with Gasteiger partial charge in [-0.2, -0.15) is 0 Å². The van der Waals surface area contributed by atoms with Gasteiger partial charge in [-0.05, 0) is 24.3 Å². The Labute approximate surface area is 122 Å². The fourth-order valence-corrected chi connectivity index (χ4v) is 1.44. The van der Waals surface area contributed by atoms with E-state index in [2.05, 4.69) is 15.4 Å². The maximum Gasteiger partial charge on any atom is 0.258 e. The van der Waals surface area contributed by atoms with Crippen LogP contribution in [-0.2, 0) is 14.3 Å². The highest BCUT2D eigenvalue weighted by Crippen LogP contribution is 2.15. The van der Waals surface area contributed by atoms with Crippen molar-refractivity contribution in [3.05, 3.63) is 29.3 Å². The second-order valence-corrected chi connectivity index (χ2v) is 4.31. The Morgan fingerprint density at radius 2 is 1.60 bits per heavy atom. The van der Waals surface area contributed by atoms with Gasteiger partial charge in [0, 0.05) is 25.2 Å². The summed E-state index contributed by atoms with van der Waals surface area (Å²) < 4.78 is 9.91. The third kappa shape index (κ3) is 6.96. The number of rotatable bonds is 8. The zero-order valence-corrected chi connectivity index (χ0v) is 11.9. The first-order valence-electron chi connectivity index (χ1n) is 6.02. The Kier molecular flexibility index (Phi) is 7.46. The quantitative estimate of drug-likeness (QED) is 0.689. The molecule has 0 heterocycles. The van der Waals surface area contributed by atoms with Crippen molar-refractivity contribution in [2.75, 3.05) is 33.4 Å². The van der Waals surface area contributed by atoms with Crippen molar-refractivity contribution in [3.63, 3.8) is 0 Å². The van der Waals surface area contributed by atoms with Crippen LogP contribution in [0.25, 0.3) is 0 Å². The molecule has 6 nitrogen and oxygen atoms in total. The molecule has 1 rings (SSSR count). The summed E-state index contributed by atoms with van der Waals surface area (Å²) in [5.41, 5.74) is 0. The summed E-state index contributed by atoms with van der Waals surface area (Å²) in [6.07, 6.45) is 0. The van der Waals surface area contributed by atoms with Crippen LogP contribution in [-0.4, -0.2) is 45.2 Å². The lowest BCUT2D eigenvalue weighted by molar-refractivity contribution is -0.125. The smallest absolute Gasteiger partial charge is 0.258 e. The fourth-order valence-electron chi connectivity index (χ4n) is 1.32. The van der Waals surface area contributed by atoms with Gasteiger partial charge in [-0.25, -0.2) is 0 Å². The summed E-state index contributed by atoms with van der Waals surface area (Å²) in [7, 11) is 1.44. The number of hydrogen-bond donors (Lipinski definition) is 2. The molecule has 0 unspecified atom stereocenters. The molecule has 20 heavy (non-hydrogen) atoms. The number of nitrogens with one attached hydrogen (secondary N) is 2. The summed E-state index contributed by atoms with van der Waals surface area (Å²) in [4.78, 5) is 22.5. The van der Waals surface area contributed by atoms with Gasteiger partial charge in [0.05, 0.1) is 0 Å². The molecular weight excluding hydrogens is 284 g/mol. The molecule has 0 spiro atoms. The third-order valence-corrected chi connectivity index (χ3v) is 2.48. The molecule has 0 aliphatic heterocycles. The Morgan fingerprint density at radius 1 is 1.05 bits per heavy atom. The maximum absolute atomic E-state index is 11.5. The molecule has 7 heteroatoms. The number of ether oxygens (including phenoxy) is 2. The van der Waals surface area contributed by atoms with E-state index in [0.29, 0.717) is 23.9 Å². The standard InChI is InChI=1S/C13H17ClN2O4/c1-19-8-12(17)15-6-7-16-13(18)9-20-11-4-2-10(14)3-5-11/h2-5H,6-9H2,1H3,(H,15,17)(H,16,18). The fraction of sp³-hybridized carbons (Fsp3) is 0.385. The van der Waals surface area contributed by atoms with E-state index in [1.54, 1.807) is 24.3 Å². The highest BCUT2D eigenvalue weighted by Gasteiger charge is 2.03. The number of carbonyl (C=O) groups is 2. The topological polar surface area (TPSA) is 76.7 Å². The Morgan fingerprint density at radius 3 is 2.15 bits per heavy atom. The van der Waals surface area contributed by atoms with Gasteiger partial charge in [-0.3, -0.25) is 9.59 Å². The molecule has 1 aromatic carbocycles. The van der Waals surface area contributed by atoms with Crippen LogP contribution in [0.3, 0.4) is 0 Å². The van der Waals surface area contributed by atoms with E-state index in [-0.39, 0.29) is 25.0 Å². The molecule has 110 valence electrons. The van der Waals surface area contributed by atoms with Gasteiger partial charge in [0.15, 0.2) is 6.61 Å². The number of halogens is 1. The van der Waals surface area contributed by atoms with Crippen LogP contribution >= 0.6 is 11.6 Å². The molecule has 1 aromatic rings. The van der Waals surface area contributed by atoms with Gasteiger partial charge >= 0.3 is 0 Å². The monoisotopic (exact) mass is 300 g/mol. The van der Waals surface area contributed by atoms with E-state index in [9.17, 15) is 9.59 Å². The molecule has 0 aromatic heterocycles. The van der Waals surface area contributed by atoms with Crippen molar-refractivity contribution in [1.29, 1.82) is 0 Å². The van der Waals surface area contributed by atoms with Gasteiger partial charge in [-0.15, -0.1) is 0 Å². The predicted molar refractivity (Wildman–Crippen MR) is 74.8 cm³/mol. The van der Waals surface area contributed by atoms with Crippen LogP contribution in [0.15, 0.2) is 24.3 Å². The second kappa shape index (κ2) is 9.17. The highest BCUT2D eigenvalue weighted by atomic mass is 35.5. The van der Waals surface area contributed by atoms with Gasteiger partial charge in [0.1, 0.15) is 12.4 Å². The van der Waals surface area contributed by atoms with Crippen LogP contribution in [0, 0.1) is 0 Å². The lowest BCUT2D eigenvalue weighted by Crippen LogP contribution is -2.37. The lowest BCUT2D eigenvalue weighted by atomic mass is 10.3. The third-order valence-electron chi connectivity index (χ3n) is 2.23. The van der Waals surface area contributed by atoms with E-state index in [4.69, 9.17) is 16.3 Å². The van der Waals surface area contributed by atoms with Crippen LogP contribution < -0.4 is 15.4 Å². The molecule has 0 saturated heterocycles. The molecule has 0 radical (unpaired) electrons. The van der Waals surface area contributed by atoms with E-state index in [0.717, 1.165) is 0 Å².